The predicted octanol–water partition coefficient (Wildman–Crippen LogP) is 3.30. The van der Waals surface area contributed by atoms with Crippen molar-refractivity contribution in [2.75, 3.05) is 37.6 Å². The first kappa shape index (κ1) is 19.4. The number of nitrogens with zero attached hydrogens (tertiary/aromatic N) is 4. The quantitative estimate of drug-likeness (QED) is 0.708. The average molecular weight is 406 g/mol. The van der Waals surface area contributed by atoms with Gasteiger partial charge in [0.25, 0.3) is 0 Å². The van der Waals surface area contributed by atoms with E-state index in [0.29, 0.717) is 6.04 Å². The number of rotatable bonds is 5. The predicted molar refractivity (Wildman–Crippen MR) is 121 cm³/mol. The minimum absolute atomic E-state index is 0.112. The van der Waals surface area contributed by atoms with E-state index >= 15 is 0 Å². The fourth-order valence-electron chi connectivity index (χ4n) is 5.20. The van der Waals surface area contributed by atoms with Crippen molar-refractivity contribution in [2.45, 2.75) is 38.6 Å². The van der Waals surface area contributed by atoms with E-state index in [9.17, 15) is 4.79 Å². The summed E-state index contributed by atoms with van der Waals surface area (Å²) < 4.78 is 2.22. The molecule has 0 bridgehead atoms. The van der Waals surface area contributed by atoms with E-state index < -0.39 is 0 Å². The van der Waals surface area contributed by atoms with E-state index in [1.54, 1.807) is 0 Å². The molecule has 2 saturated heterocycles. The molecule has 1 N–H and O–H groups in total. The summed E-state index contributed by atoms with van der Waals surface area (Å²) in [7, 11) is 0. The van der Waals surface area contributed by atoms with Crippen LogP contribution in [0.25, 0.3) is 16.6 Å². The van der Waals surface area contributed by atoms with Gasteiger partial charge in [0.1, 0.15) is 0 Å². The van der Waals surface area contributed by atoms with E-state index in [1.165, 1.54) is 19.4 Å². The molecule has 1 aromatic carbocycles. The summed E-state index contributed by atoms with van der Waals surface area (Å²) in [6, 6.07) is 13.0. The molecule has 0 saturated carbocycles. The lowest BCUT2D eigenvalue weighted by molar-refractivity contribution is -0.125. The summed E-state index contributed by atoms with van der Waals surface area (Å²) in [4.78, 5) is 22.6. The van der Waals surface area contributed by atoms with Gasteiger partial charge in [-0.2, -0.15) is 0 Å². The van der Waals surface area contributed by atoms with Crippen LogP contribution in [0.5, 0.6) is 0 Å². The zero-order chi connectivity index (χ0) is 20.5. The Hall–Kier alpha value is -2.60. The van der Waals surface area contributed by atoms with Crippen LogP contribution in [-0.4, -0.2) is 59.0 Å². The molecule has 3 aromatic rings. The lowest BCUT2D eigenvalue weighted by atomic mass is 9.95. The van der Waals surface area contributed by atoms with Gasteiger partial charge in [0, 0.05) is 37.8 Å². The number of likely N-dealkylation sites (tertiary alicyclic amines) is 1. The van der Waals surface area contributed by atoms with Crippen molar-refractivity contribution in [3.05, 3.63) is 42.6 Å². The third-order valence-electron chi connectivity index (χ3n) is 6.93. The number of carbonyl (C=O) groups is 1. The molecular formula is C24H31N5O. The molecule has 2 aromatic heterocycles. The number of fused-ring (bicyclic) bond motifs is 3. The van der Waals surface area contributed by atoms with E-state index in [4.69, 9.17) is 4.98 Å². The van der Waals surface area contributed by atoms with E-state index in [0.717, 1.165) is 61.4 Å². The van der Waals surface area contributed by atoms with Crippen LogP contribution in [0.3, 0.4) is 0 Å². The first-order valence-electron chi connectivity index (χ1n) is 11.4. The van der Waals surface area contributed by atoms with Crippen molar-refractivity contribution in [3.63, 3.8) is 0 Å². The van der Waals surface area contributed by atoms with Gasteiger partial charge in [-0.05, 0) is 63.0 Å². The van der Waals surface area contributed by atoms with E-state index in [-0.39, 0.29) is 11.8 Å². The number of benzene rings is 1. The number of hydrogen-bond acceptors (Lipinski definition) is 4. The zero-order valence-corrected chi connectivity index (χ0v) is 17.8. The van der Waals surface area contributed by atoms with Gasteiger partial charge in [-0.15, -0.1) is 0 Å². The number of amides is 1. The number of hydrogen-bond donors (Lipinski definition) is 1. The first-order chi connectivity index (χ1) is 14.7. The molecule has 0 radical (unpaired) electrons. The number of nitrogens with one attached hydrogen (secondary N) is 1. The molecule has 6 heteroatoms. The molecule has 4 heterocycles. The summed E-state index contributed by atoms with van der Waals surface area (Å²) in [5, 5.41) is 3.24. The normalized spacial score (nSPS) is 21.0. The van der Waals surface area contributed by atoms with Crippen molar-refractivity contribution in [3.8, 4) is 0 Å². The van der Waals surface area contributed by atoms with Crippen molar-refractivity contribution < 1.29 is 4.79 Å². The minimum atomic E-state index is 0.112. The highest BCUT2D eigenvalue weighted by Crippen LogP contribution is 2.29. The second-order valence-corrected chi connectivity index (χ2v) is 8.62. The summed E-state index contributed by atoms with van der Waals surface area (Å²) in [5.74, 6) is 1.38. The van der Waals surface area contributed by atoms with Crippen LogP contribution in [0.2, 0.25) is 0 Å². The maximum absolute atomic E-state index is 12.8. The van der Waals surface area contributed by atoms with Crippen molar-refractivity contribution in [2.24, 2.45) is 5.92 Å². The highest BCUT2D eigenvalue weighted by atomic mass is 16.1. The van der Waals surface area contributed by atoms with Gasteiger partial charge in [0.2, 0.25) is 5.91 Å². The number of likely N-dealkylation sites (N-methyl/N-ethyl adjacent to an activating group) is 1. The minimum Gasteiger partial charge on any atom is -0.355 e. The summed E-state index contributed by atoms with van der Waals surface area (Å²) in [6.07, 6.45) is 6.32. The maximum Gasteiger partial charge on any atom is 0.223 e. The molecule has 1 amide bonds. The van der Waals surface area contributed by atoms with E-state index in [1.807, 2.05) is 6.07 Å². The molecule has 1 atom stereocenters. The third-order valence-corrected chi connectivity index (χ3v) is 6.93. The smallest absolute Gasteiger partial charge is 0.223 e. The second kappa shape index (κ2) is 8.26. The van der Waals surface area contributed by atoms with Crippen molar-refractivity contribution in [1.29, 1.82) is 0 Å². The fraction of sp³-hybridized carbons (Fsp3) is 0.500. The standard InChI is InChI=1S/C24H31N5O/c1-2-27-13-5-7-19(27)17-25-24(30)18-11-15-28(16-12-18)23-22-10-6-14-29(22)21-9-4-3-8-20(21)26-23/h3-4,6,8-10,14,18-19H,2,5,7,11-13,15-17H2,1H3,(H,25,30)/t19-/m1/s1. The Morgan fingerprint density at radius 2 is 1.87 bits per heavy atom. The Labute approximate surface area is 177 Å². The Kier molecular flexibility index (Phi) is 5.34. The van der Waals surface area contributed by atoms with Crippen LogP contribution in [0.15, 0.2) is 42.6 Å². The molecule has 2 aliphatic heterocycles. The number of carbonyl (C=O) groups excluding carboxylic acids is 1. The van der Waals surface area contributed by atoms with Crippen LogP contribution in [0.1, 0.15) is 32.6 Å². The summed E-state index contributed by atoms with van der Waals surface area (Å²) in [6.45, 7) is 6.99. The Morgan fingerprint density at radius 1 is 1.07 bits per heavy atom. The zero-order valence-electron chi connectivity index (χ0n) is 17.8. The lowest BCUT2D eigenvalue weighted by Crippen LogP contribution is -2.45. The highest BCUT2D eigenvalue weighted by Gasteiger charge is 2.28. The van der Waals surface area contributed by atoms with Gasteiger partial charge in [-0.1, -0.05) is 19.1 Å². The van der Waals surface area contributed by atoms with Gasteiger partial charge < -0.3 is 14.6 Å². The molecule has 0 aliphatic carbocycles. The SMILES string of the molecule is CCN1CCC[C@@H]1CNC(=O)C1CCN(c2nc3ccccc3n3cccc23)CC1. The average Bonchev–Trinajstić information content (AvgIpc) is 3.46. The number of piperidine rings is 1. The lowest BCUT2D eigenvalue weighted by Gasteiger charge is -2.33. The molecule has 5 rings (SSSR count). The van der Waals surface area contributed by atoms with Crippen LogP contribution < -0.4 is 10.2 Å². The fourth-order valence-corrected chi connectivity index (χ4v) is 5.20. The van der Waals surface area contributed by atoms with Gasteiger partial charge in [0.05, 0.1) is 16.6 Å². The molecule has 2 fully saturated rings. The first-order valence-corrected chi connectivity index (χ1v) is 11.4. The van der Waals surface area contributed by atoms with Crippen LogP contribution in [-0.2, 0) is 4.79 Å². The Balaban J connectivity index is 1.25. The Morgan fingerprint density at radius 3 is 2.70 bits per heavy atom. The number of para-hydroxylation sites is 2. The molecule has 6 nitrogen and oxygen atoms in total. The van der Waals surface area contributed by atoms with Crippen LogP contribution in [0, 0.1) is 5.92 Å². The van der Waals surface area contributed by atoms with Gasteiger partial charge in [-0.25, -0.2) is 4.98 Å². The monoisotopic (exact) mass is 405 g/mol. The summed E-state index contributed by atoms with van der Waals surface area (Å²) >= 11 is 0. The Bertz CT molecular complexity index is 1040. The second-order valence-electron chi connectivity index (χ2n) is 8.62. The number of anilines is 1. The highest BCUT2D eigenvalue weighted by molar-refractivity contribution is 5.85. The number of aromatic nitrogens is 2. The van der Waals surface area contributed by atoms with Crippen LogP contribution >= 0.6 is 0 Å². The largest absolute Gasteiger partial charge is 0.355 e. The van der Waals surface area contributed by atoms with E-state index in [2.05, 4.69) is 63.0 Å². The third kappa shape index (κ3) is 3.54. The van der Waals surface area contributed by atoms with Gasteiger partial charge in [-0.3, -0.25) is 9.69 Å². The topological polar surface area (TPSA) is 52.9 Å². The molecule has 0 unspecified atom stereocenters. The molecular weight excluding hydrogens is 374 g/mol. The van der Waals surface area contributed by atoms with Gasteiger partial charge in [0.15, 0.2) is 5.82 Å². The molecule has 158 valence electrons. The molecule has 0 spiro atoms. The van der Waals surface area contributed by atoms with Crippen molar-refractivity contribution in [1.82, 2.24) is 19.6 Å². The van der Waals surface area contributed by atoms with Gasteiger partial charge >= 0.3 is 0 Å². The maximum atomic E-state index is 12.8. The molecule has 30 heavy (non-hydrogen) atoms. The van der Waals surface area contributed by atoms with Crippen LogP contribution in [0.4, 0.5) is 5.82 Å². The van der Waals surface area contributed by atoms with Crippen molar-refractivity contribution >= 4 is 28.3 Å². The molecule has 2 aliphatic rings. The summed E-state index contributed by atoms with van der Waals surface area (Å²) in [5.41, 5.74) is 3.27.